The Balaban J connectivity index is 2.70. The van der Waals surface area contributed by atoms with Crippen LogP contribution in [-0.4, -0.2) is 61.9 Å². The molecule has 0 bridgehead atoms. The van der Waals surface area contributed by atoms with Crippen molar-refractivity contribution < 1.29 is 25.2 Å². The Morgan fingerprint density at radius 2 is 1.93 bits per heavy atom. The number of thioether (sulfide) groups is 1. The third kappa shape index (κ3) is 2.82. The van der Waals surface area contributed by atoms with E-state index in [2.05, 4.69) is 5.32 Å². The zero-order valence-electron chi connectivity index (χ0n) is 8.20. The van der Waals surface area contributed by atoms with Gasteiger partial charge in [0, 0.05) is 6.92 Å². The van der Waals surface area contributed by atoms with Gasteiger partial charge in [0.25, 0.3) is 0 Å². The van der Waals surface area contributed by atoms with Crippen LogP contribution in [0.25, 0.3) is 0 Å². The van der Waals surface area contributed by atoms with Crippen molar-refractivity contribution in [3.05, 3.63) is 0 Å². The van der Waals surface area contributed by atoms with E-state index < -0.39 is 34.8 Å². The average Bonchev–Trinajstić information content (AvgIpc) is 2.18. The van der Waals surface area contributed by atoms with Gasteiger partial charge < -0.3 is 25.7 Å². The number of aliphatic hydroxyl groups excluding tert-OH is 4. The van der Waals surface area contributed by atoms with Crippen molar-refractivity contribution in [1.82, 2.24) is 5.32 Å². The van der Waals surface area contributed by atoms with Gasteiger partial charge in [0.15, 0.2) is 0 Å². The van der Waals surface area contributed by atoms with Gasteiger partial charge in [0.05, 0.1) is 24.0 Å². The summed E-state index contributed by atoms with van der Waals surface area (Å²) in [4.78, 5) is 10.8. The number of hydrogen-bond donors (Lipinski definition) is 5. The summed E-state index contributed by atoms with van der Waals surface area (Å²) < 4.78 is 0. The van der Waals surface area contributed by atoms with Gasteiger partial charge in [-0.3, -0.25) is 4.79 Å². The zero-order valence-corrected chi connectivity index (χ0v) is 9.02. The molecule has 1 aliphatic rings. The first-order valence-corrected chi connectivity index (χ1v) is 5.49. The average molecular weight is 237 g/mol. The van der Waals surface area contributed by atoms with Crippen molar-refractivity contribution in [2.24, 2.45) is 0 Å². The number of carbonyl (C=O) groups is 1. The number of hydrogen-bond acceptors (Lipinski definition) is 6. The molecule has 15 heavy (non-hydrogen) atoms. The molecule has 1 heterocycles. The molecule has 5 atom stereocenters. The summed E-state index contributed by atoms with van der Waals surface area (Å²) >= 11 is 0.929. The maximum absolute atomic E-state index is 10.8. The highest BCUT2D eigenvalue weighted by molar-refractivity contribution is 8.00. The van der Waals surface area contributed by atoms with E-state index in [-0.39, 0.29) is 6.61 Å². The predicted octanol–water partition coefficient (Wildman–Crippen LogP) is -2.36. The highest BCUT2D eigenvalue weighted by atomic mass is 32.2. The first-order valence-electron chi connectivity index (χ1n) is 4.55. The van der Waals surface area contributed by atoms with Gasteiger partial charge in [-0.25, -0.2) is 0 Å². The van der Waals surface area contributed by atoms with Crippen LogP contribution in [0.1, 0.15) is 6.92 Å². The van der Waals surface area contributed by atoms with Gasteiger partial charge >= 0.3 is 0 Å². The van der Waals surface area contributed by atoms with E-state index in [0.717, 1.165) is 11.8 Å². The van der Waals surface area contributed by atoms with E-state index >= 15 is 0 Å². The quantitative estimate of drug-likeness (QED) is 0.367. The lowest BCUT2D eigenvalue weighted by atomic mass is 10.0. The summed E-state index contributed by atoms with van der Waals surface area (Å²) in [6, 6.07) is -0.912. The third-order valence-electron chi connectivity index (χ3n) is 2.27. The van der Waals surface area contributed by atoms with Gasteiger partial charge in [-0.15, -0.1) is 11.8 Å². The van der Waals surface area contributed by atoms with Crippen LogP contribution in [0.3, 0.4) is 0 Å². The predicted molar refractivity (Wildman–Crippen MR) is 54.1 cm³/mol. The minimum atomic E-state index is -1.28. The van der Waals surface area contributed by atoms with E-state index in [0.29, 0.717) is 0 Å². The molecule has 0 aromatic carbocycles. The standard InChI is InChI=1S/C8H15NO5S/c1-3(11)9-5-7(13)6(12)4(2-10)15-8(5)14/h4-8,10,12-14H,2H2,1H3,(H,9,11)/t4-,5-,6-,7-,8-/m1/s1. The summed E-state index contributed by atoms with van der Waals surface area (Å²) in [7, 11) is 0. The molecule has 1 amide bonds. The van der Waals surface area contributed by atoms with Crippen LogP contribution in [0.4, 0.5) is 0 Å². The second kappa shape index (κ2) is 5.13. The fraction of sp³-hybridized carbons (Fsp3) is 0.875. The molecule has 1 fully saturated rings. The molecule has 0 saturated carbocycles. The van der Waals surface area contributed by atoms with E-state index in [1.165, 1.54) is 6.92 Å². The number of aliphatic hydroxyl groups is 4. The fourth-order valence-corrected chi connectivity index (χ4v) is 2.65. The second-order valence-corrected chi connectivity index (χ2v) is 4.82. The Kier molecular flexibility index (Phi) is 4.35. The number of nitrogens with one attached hydrogen (secondary N) is 1. The molecule has 0 aliphatic carbocycles. The molecular weight excluding hydrogens is 222 g/mol. The van der Waals surface area contributed by atoms with E-state index in [1.807, 2.05) is 0 Å². The molecule has 7 heteroatoms. The summed E-state index contributed by atoms with van der Waals surface area (Å²) in [5.74, 6) is -0.395. The monoisotopic (exact) mass is 237 g/mol. The van der Waals surface area contributed by atoms with E-state index in [1.54, 1.807) is 0 Å². The molecule has 0 spiro atoms. The van der Waals surface area contributed by atoms with Gasteiger partial charge in [-0.1, -0.05) is 0 Å². The Labute approximate surface area is 91.3 Å². The molecule has 0 aromatic heterocycles. The van der Waals surface area contributed by atoms with Crippen molar-refractivity contribution in [3.63, 3.8) is 0 Å². The van der Waals surface area contributed by atoms with Gasteiger partial charge in [-0.05, 0) is 0 Å². The Morgan fingerprint density at radius 3 is 2.40 bits per heavy atom. The van der Waals surface area contributed by atoms with Crippen LogP contribution < -0.4 is 5.32 Å². The Hall–Kier alpha value is -0.340. The van der Waals surface area contributed by atoms with Crippen LogP contribution in [0.2, 0.25) is 0 Å². The van der Waals surface area contributed by atoms with Crippen LogP contribution in [0.5, 0.6) is 0 Å². The van der Waals surface area contributed by atoms with Crippen molar-refractivity contribution in [2.75, 3.05) is 6.61 Å². The molecule has 0 radical (unpaired) electrons. The van der Waals surface area contributed by atoms with Crippen molar-refractivity contribution in [2.45, 2.75) is 35.9 Å². The maximum atomic E-state index is 10.8. The molecule has 1 saturated heterocycles. The summed E-state index contributed by atoms with van der Waals surface area (Å²) in [6.07, 6.45) is -2.44. The van der Waals surface area contributed by atoms with Crippen LogP contribution in [0, 0.1) is 0 Å². The molecule has 1 aliphatic heterocycles. The Morgan fingerprint density at radius 1 is 1.33 bits per heavy atom. The van der Waals surface area contributed by atoms with E-state index in [4.69, 9.17) is 5.11 Å². The van der Waals surface area contributed by atoms with Crippen LogP contribution in [-0.2, 0) is 4.79 Å². The normalized spacial score (nSPS) is 41.3. The van der Waals surface area contributed by atoms with Gasteiger partial charge in [0.2, 0.25) is 5.91 Å². The van der Waals surface area contributed by atoms with Gasteiger partial charge in [0.1, 0.15) is 11.5 Å². The highest BCUT2D eigenvalue weighted by Crippen LogP contribution is 2.30. The van der Waals surface area contributed by atoms with Crippen LogP contribution in [0.15, 0.2) is 0 Å². The minimum absolute atomic E-state index is 0.341. The van der Waals surface area contributed by atoms with Crippen molar-refractivity contribution >= 4 is 17.7 Å². The minimum Gasteiger partial charge on any atom is -0.395 e. The van der Waals surface area contributed by atoms with E-state index in [9.17, 15) is 20.1 Å². The number of amides is 1. The molecule has 88 valence electrons. The smallest absolute Gasteiger partial charge is 0.217 e. The number of rotatable bonds is 2. The van der Waals surface area contributed by atoms with Crippen molar-refractivity contribution in [1.29, 1.82) is 0 Å². The molecule has 0 unspecified atom stereocenters. The fourth-order valence-electron chi connectivity index (χ4n) is 1.49. The number of carbonyl (C=O) groups excluding carboxylic acids is 1. The second-order valence-electron chi connectivity index (χ2n) is 3.46. The zero-order chi connectivity index (χ0) is 11.6. The maximum Gasteiger partial charge on any atom is 0.217 e. The summed E-state index contributed by atoms with van der Waals surface area (Å²) in [6.45, 7) is 0.918. The lowest BCUT2D eigenvalue weighted by Gasteiger charge is -2.39. The lowest BCUT2D eigenvalue weighted by Crippen LogP contribution is -2.60. The first kappa shape index (κ1) is 12.7. The highest BCUT2D eigenvalue weighted by Gasteiger charge is 2.43. The molecule has 5 N–H and O–H groups in total. The third-order valence-corrected chi connectivity index (χ3v) is 3.62. The van der Waals surface area contributed by atoms with Gasteiger partial charge in [-0.2, -0.15) is 0 Å². The molecular formula is C8H15NO5S. The largest absolute Gasteiger partial charge is 0.395 e. The molecule has 1 rings (SSSR count). The molecule has 6 nitrogen and oxygen atoms in total. The molecule has 0 aromatic rings. The SMILES string of the molecule is CC(=O)N[C@@H]1[C@@H](O)[C@H](O)[C@@H](CO)S[C@H]1O. The lowest BCUT2D eigenvalue weighted by molar-refractivity contribution is -0.122. The van der Waals surface area contributed by atoms with Crippen LogP contribution >= 0.6 is 11.8 Å². The summed E-state index contributed by atoms with van der Waals surface area (Å²) in [5.41, 5.74) is -1.04. The summed E-state index contributed by atoms with van der Waals surface area (Å²) in [5, 5.41) is 39.3. The topological polar surface area (TPSA) is 110 Å². The first-order chi connectivity index (χ1) is 6.97. The van der Waals surface area contributed by atoms with Crippen molar-refractivity contribution in [3.8, 4) is 0 Å². The Bertz CT molecular complexity index is 239.